The summed E-state index contributed by atoms with van der Waals surface area (Å²) in [6.07, 6.45) is -2.25. The first-order chi connectivity index (χ1) is 15.8. The molecule has 0 radical (unpaired) electrons. The smallest absolute Gasteiger partial charge is 0.417 e. The SMILES string of the molecule is Cn1ncc(-c2nc(-c3ccc4[nH]c(=O)[nH]c4c3)no2)c1COc1ccc(C(F)(F)F)cn1. The molecule has 0 aliphatic heterocycles. The van der Waals surface area contributed by atoms with E-state index in [0.717, 1.165) is 12.1 Å². The molecule has 0 saturated carbocycles. The van der Waals surface area contributed by atoms with Crippen molar-refractivity contribution in [3.05, 3.63) is 64.5 Å². The van der Waals surface area contributed by atoms with Gasteiger partial charge in [0.1, 0.15) is 6.61 Å². The van der Waals surface area contributed by atoms with Gasteiger partial charge in [0.15, 0.2) is 0 Å². The van der Waals surface area contributed by atoms with Gasteiger partial charge in [-0.3, -0.25) is 4.68 Å². The van der Waals surface area contributed by atoms with Crippen LogP contribution in [0.2, 0.25) is 0 Å². The molecule has 10 nitrogen and oxygen atoms in total. The number of H-pyrrole nitrogens is 2. The number of fused-ring (bicyclic) bond motifs is 1. The predicted octanol–water partition coefficient (Wildman–Crippen LogP) is 3.30. The number of pyridine rings is 1. The van der Waals surface area contributed by atoms with Crippen LogP contribution in [0, 0.1) is 0 Å². The van der Waals surface area contributed by atoms with Crippen molar-refractivity contribution in [2.45, 2.75) is 12.8 Å². The number of hydrogen-bond acceptors (Lipinski definition) is 7. The van der Waals surface area contributed by atoms with E-state index in [9.17, 15) is 18.0 Å². The highest BCUT2D eigenvalue weighted by atomic mass is 19.4. The molecule has 168 valence electrons. The highest BCUT2D eigenvalue weighted by Gasteiger charge is 2.30. The zero-order valence-electron chi connectivity index (χ0n) is 16.8. The molecule has 0 amide bonds. The molecule has 0 unspecified atom stereocenters. The third-order valence-electron chi connectivity index (χ3n) is 4.91. The highest BCUT2D eigenvalue weighted by molar-refractivity contribution is 5.80. The Morgan fingerprint density at radius 1 is 1.12 bits per heavy atom. The number of benzene rings is 1. The van der Waals surface area contributed by atoms with Crippen molar-refractivity contribution in [1.82, 2.24) is 34.9 Å². The zero-order valence-corrected chi connectivity index (χ0v) is 16.8. The maximum absolute atomic E-state index is 12.7. The van der Waals surface area contributed by atoms with Crippen molar-refractivity contribution in [2.75, 3.05) is 0 Å². The topological polar surface area (TPSA) is 128 Å². The van der Waals surface area contributed by atoms with Crippen LogP contribution in [0.4, 0.5) is 13.2 Å². The molecular formula is C20H14F3N7O3. The number of rotatable bonds is 5. The van der Waals surface area contributed by atoms with Crippen molar-refractivity contribution >= 4 is 11.0 Å². The monoisotopic (exact) mass is 457 g/mol. The van der Waals surface area contributed by atoms with Gasteiger partial charge in [0.25, 0.3) is 5.89 Å². The Balaban J connectivity index is 1.38. The van der Waals surface area contributed by atoms with Gasteiger partial charge in [-0.1, -0.05) is 5.16 Å². The van der Waals surface area contributed by atoms with Crippen molar-refractivity contribution < 1.29 is 22.4 Å². The van der Waals surface area contributed by atoms with Crippen molar-refractivity contribution in [3.8, 4) is 28.7 Å². The number of ether oxygens (including phenoxy) is 1. The molecule has 1 aromatic carbocycles. The Labute approximate surface area is 182 Å². The molecule has 4 aromatic heterocycles. The molecule has 0 aliphatic rings. The largest absolute Gasteiger partial charge is 0.471 e. The lowest BCUT2D eigenvalue weighted by Gasteiger charge is -2.09. The van der Waals surface area contributed by atoms with E-state index in [1.165, 1.54) is 10.9 Å². The Morgan fingerprint density at radius 2 is 1.94 bits per heavy atom. The average Bonchev–Trinajstić information content (AvgIpc) is 3.49. The van der Waals surface area contributed by atoms with E-state index < -0.39 is 11.7 Å². The Morgan fingerprint density at radius 3 is 2.70 bits per heavy atom. The third-order valence-corrected chi connectivity index (χ3v) is 4.91. The Bertz CT molecular complexity index is 1500. The summed E-state index contributed by atoms with van der Waals surface area (Å²) in [6, 6.07) is 7.21. The molecule has 5 aromatic rings. The van der Waals surface area contributed by atoms with Crippen molar-refractivity contribution in [3.63, 3.8) is 0 Å². The molecule has 0 spiro atoms. The van der Waals surface area contributed by atoms with E-state index >= 15 is 0 Å². The summed E-state index contributed by atoms with van der Waals surface area (Å²) >= 11 is 0. The first kappa shape index (κ1) is 20.5. The third kappa shape index (κ3) is 3.95. The summed E-state index contributed by atoms with van der Waals surface area (Å²) in [4.78, 5) is 24.9. The minimum absolute atomic E-state index is 0.0233. The zero-order chi connectivity index (χ0) is 23.2. The van der Waals surface area contributed by atoms with Gasteiger partial charge >= 0.3 is 11.9 Å². The molecule has 0 fully saturated rings. The molecule has 5 rings (SSSR count). The van der Waals surface area contributed by atoms with Crippen LogP contribution < -0.4 is 10.4 Å². The van der Waals surface area contributed by atoms with E-state index in [-0.39, 0.29) is 24.1 Å². The van der Waals surface area contributed by atoms with Crippen LogP contribution in [-0.2, 0) is 19.8 Å². The lowest BCUT2D eigenvalue weighted by Crippen LogP contribution is -2.07. The molecule has 2 N–H and O–H groups in total. The minimum Gasteiger partial charge on any atom is -0.471 e. The van der Waals surface area contributed by atoms with Crippen LogP contribution in [0.1, 0.15) is 11.3 Å². The number of aromatic nitrogens is 7. The normalized spacial score (nSPS) is 11.9. The molecule has 0 bridgehead atoms. The molecule has 0 saturated heterocycles. The second-order valence-corrected chi connectivity index (χ2v) is 7.06. The van der Waals surface area contributed by atoms with Crippen molar-refractivity contribution in [2.24, 2.45) is 7.05 Å². The lowest BCUT2D eigenvalue weighted by molar-refractivity contribution is -0.137. The second kappa shape index (κ2) is 7.62. The van der Waals surface area contributed by atoms with Crippen LogP contribution in [0.5, 0.6) is 5.88 Å². The van der Waals surface area contributed by atoms with Crippen LogP contribution in [0.25, 0.3) is 33.9 Å². The number of hydrogen-bond donors (Lipinski definition) is 2. The standard InChI is InChI=1S/C20H14F3N7O3/c1-30-15(9-32-16-5-3-11(7-24-16)20(21,22)23)12(8-25-30)18-28-17(29-33-18)10-2-4-13-14(6-10)27-19(31)26-13/h2-8H,9H2,1H3,(H2,26,27,31). The Hall–Kier alpha value is -4.42. The van der Waals surface area contributed by atoms with Gasteiger partial charge in [-0.15, -0.1) is 0 Å². The quantitative estimate of drug-likeness (QED) is 0.415. The first-order valence-electron chi connectivity index (χ1n) is 9.51. The molecule has 4 heterocycles. The fraction of sp³-hybridized carbons (Fsp3) is 0.150. The van der Waals surface area contributed by atoms with E-state index in [4.69, 9.17) is 9.26 Å². The van der Waals surface area contributed by atoms with Crippen molar-refractivity contribution in [1.29, 1.82) is 0 Å². The summed E-state index contributed by atoms with van der Waals surface area (Å²) in [5.41, 5.74) is 1.74. The number of aryl methyl sites for hydroxylation is 1. The minimum atomic E-state index is -4.47. The first-order valence-corrected chi connectivity index (χ1v) is 9.51. The molecular weight excluding hydrogens is 443 g/mol. The number of alkyl halides is 3. The summed E-state index contributed by atoms with van der Waals surface area (Å²) in [5, 5.41) is 8.17. The number of nitrogens with zero attached hydrogens (tertiary/aromatic N) is 5. The highest BCUT2D eigenvalue weighted by Crippen LogP contribution is 2.30. The van der Waals surface area contributed by atoms with E-state index in [0.29, 0.717) is 39.9 Å². The van der Waals surface area contributed by atoms with Crippen LogP contribution in [-0.4, -0.2) is 34.9 Å². The fourth-order valence-corrected chi connectivity index (χ4v) is 3.21. The maximum Gasteiger partial charge on any atom is 0.417 e. The molecule has 33 heavy (non-hydrogen) atoms. The van der Waals surface area contributed by atoms with Gasteiger partial charge in [-0.2, -0.15) is 23.3 Å². The Kier molecular flexibility index (Phi) is 4.73. The van der Waals surface area contributed by atoms with E-state index in [2.05, 4.69) is 30.2 Å². The van der Waals surface area contributed by atoms with Crippen LogP contribution >= 0.6 is 0 Å². The average molecular weight is 457 g/mol. The molecule has 0 aliphatic carbocycles. The van der Waals surface area contributed by atoms with Gasteiger partial charge in [0, 0.05) is 24.9 Å². The molecule has 0 atom stereocenters. The van der Waals surface area contributed by atoms with E-state index in [1.807, 2.05) is 0 Å². The second-order valence-electron chi connectivity index (χ2n) is 7.06. The fourth-order valence-electron chi connectivity index (χ4n) is 3.21. The van der Waals surface area contributed by atoms with Crippen LogP contribution in [0.3, 0.4) is 0 Å². The summed E-state index contributed by atoms with van der Waals surface area (Å²) in [5.74, 6) is 0.504. The van der Waals surface area contributed by atoms with Gasteiger partial charge in [-0.05, 0) is 24.3 Å². The van der Waals surface area contributed by atoms with Gasteiger partial charge < -0.3 is 19.2 Å². The number of aromatic amines is 2. The number of imidazole rings is 1. The number of nitrogens with one attached hydrogen (secondary N) is 2. The summed E-state index contributed by atoms with van der Waals surface area (Å²) in [7, 11) is 1.68. The summed E-state index contributed by atoms with van der Waals surface area (Å²) in [6.45, 7) is -0.0432. The maximum atomic E-state index is 12.7. The molecule has 13 heteroatoms. The van der Waals surface area contributed by atoms with E-state index in [1.54, 1.807) is 25.2 Å². The van der Waals surface area contributed by atoms with Gasteiger partial charge in [0.05, 0.1) is 34.1 Å². The lowest BCUT2D eigenvalue weighted by atomic mass is 10.2. The predicted molar refractivity (Wildman–Crippen MR) is 108 cm³/mol. The van der Waals surface area contributed by atoms with Gasteiger partial charge in [0.2, 0.25) is 11.7 Å². The number of halogens is 3. The van der Waals surface area contributed by atoms with Crippen LogP contribution in [0.15, 0.2) is 52.0 Å². The summed E-state index contributed by atoms with van der Waals surface area (Å²) < 4.78 is 50.5. The van der Waals surface area contributed by atoms with Gasteiger partial charge in [-0.25, -0.2) is 9.78 Å².